The van der Waals surface area contributed by atoms with Gasteiger partial charge in [0.05, 0.1) is 0 Å². The molecule has 0 rings (SSSR count). The smallest absolute Gasteiger partial charge is 0.396 e. The van der Waals surface area contributed by atoms with Crippen LogP contribution in [0, 0.1) is 0 Å². The van der Waals surface area contributed by atoms with Crippen LogP contribution >= 0.6 is 0 Å². The Labute approximate surface area is 118 Å². The molecule has 3 nitrogen and oxygen atoms in total. The van der Waals surface area contributed by atoms with E-state index in [4.69, 9.17) is 5.11 Å². The summed E-state index contributed by atoms with van der Waals surface area (Å²) in [6.07, 6.45) is 7.40. The maximum atomic E-state index is 8.63. The van der Waals surface area contributed by atoms with Gasteiger partial charge in [0.2, 0.25) is 0 Å². The number of nitrogens with zero attached hydrogens (tertiary/aromatic N) is 2. The molecule has 0 aliphatic rings. The Hall–Kier alpha value is 0.399. The molecule has 0 aromatic heterocycles. The summed E-state index contributed by atoms with van der Waals surface area (Å²) >= 11 is 0. The predicted octanol–water partition coefficient (Wildman–Crippen LogP) is 1.81. The second kappa shape index (κ2) is 14.5. The number of unbranched alkanes of at least 4 members (excludes halogenated alkanes) is 5. The summed E-state index contributed by atoms with van der Waals surface area (Å²) in [5, 5.41) is 8.63. The standard InChI is InChI=1S/C13H30N2O.Cu/c1-14(2)11-12-15(3)10-8-6-4-5-7-9-13-16;/h16H,4-13H2,1-3H3;/q;+2. The second-order valence-electron chi connectivity index (χ2n) is 4.95. The van der Waals surface area contributed by atoms with E-state index >= 15 is 0 Å². The number of rotatable bonds is 11. The van der Waals surface area contributed by atoms with Crippen LogP contribution in [0.1, 0.15) is 38.5 Å². The van der Waals surface area contributed by atoms with Gasteiger partial charge in [-0.1, -0.05) is 25.7 Å². The Morgan fingerprint density at radius 2 is 1.24 bits per heavy atom. The first-order valence-corrected chi connectivity index (χ1v) is 6.61. The van der Waals surface area contributed by atoms with Gasteiger partial charge >= 0.3 is 17.1 Å². The van der Waals surface area contributed by atoms with Crippen LogP contribution in [0.15, 0.2) is 0 Å². The molecular weight excluding hydrogens is 264 g/mol. The summed E-state index contributed by atoms with van der Waals surface area (Å²) in [6.45, 7) is 3.88. The van der Waals surface area contributed by atoms with E-state index in [1.54, 1.807) is 0 Å². The molecule has 0 saturated carbocycles. The molecule has 0 bridgehead atoms. The normalized spacial score (nSPS) is 10.9. The Morgan fingerprint density at radius 3 is 1.76 bits per heavy atom. The molecule has 0 aliphatic heterocycles. The predicted molar refractivity (Wildman–Crippen MR) is 70.8 cm³/mol. The number of aliphatic hydroxyl groups excluding tert-OH is 1. The molecule has 4 heteroatoms. The maximum absolute atomic E-state index is 8.63. The first-order valence-electron chi connectivity index (χ1n) is 6.61. The van der Waals surface area contributed by atoms with Crippen molar-refractivity contribution < 1.29 is 22.2 Å². The molecule has 0 amide bonds. The van der Waals surface area contributed by atoms with Crippen LogP contribution in [0.4, 0.5) is 0 Å². The Bertz CT molecular complexity index is 145. The van der Waals surface area contributed by atoms with Crippen molar-refractivity contribution in [1.82, 2.24) is 9.80 Å². The van der Waals surface area contributed by atoms with Crippen LogP contribution < -0.4 is 0 Å². The van der Waals surface area contributed by atoms with Gasteiger partial charge in [0.1, 0.15) is 0 Å². The zero-order valence-corrected chi connectivity index (χ0v) is 12.7. The molecule has 0 aromatic carbocycles. The molecule has 1 N–H and O–H groups in total. The van der Waals surface area contributed by atoms with Crippen molar-refractivity contribution in [2.45, 2.75) is 38.5 Å². The number of aliphatic hydroxyl groups is 1. The first-order chi connectivity index (χ1) is 7.66. The fourth-order valence-corrected chi connectivity index (χ4v) is 1.68. The summed E-state index contributed by atoms with van der Waals surface area (Å²) < 4.78 is 0. The van der Waals surface area contributed by atoms with E-state index < -0.39 is 0 Å². The zero-order valence-electron chi connectivity index (χ0n) is 11.7. The quantitative estimate of drug-likeness (QED) is 0.465. The van der Waals surface area contributed by atoms with E-state index in [1.807, 2.05) is 0 Å². The van der Waals surface area contributed by atoms with Crippen LogP contribution in [0.5, 0.6) is 0 Å². The largest absolute Gasteiger partial charge is 2.00 e. The van der Waals surface area contributed by atoms with Crippen LogP contribution in [0.25, 0.3) is 0 Å². The fourth-order valence-electron chi connectivity index (χ4n) is 1.68. The van der Waals surface area contributed by atoms with E-state index in [9.17, 15) is 0 Å². The minimum absolute atomic E-state index is 0. The Morgan fingerprint density at radius 1 is 0.706 bits per heavy atom. The molecule has 0 saturated heterocycles. The van der Waals surface area contributed by atoms with Gasteiger partial charge in [-0.3, -0.25) is 0 Å². The average molecular weight is 294 g/mol. The van der Waals surface area contributed by atoms with Gasteiger partial charge in [-0.05, 0) is 40.5 Å². The van der Waals surface area contributed by atoms with Gasteiger partial charge < -0.3 is 14.9 Å². The maximum Gasteiger partial charge on any atom is 2.00 e. The van der Waals surface area contributed by atoms with Crippen LogP contribution in [-0.2, 0) is 17.1 Å². The second-order valence-corrected chi connectivity index (χ2v) is 4.95. The minimum atomic E-state index is 0. The van der Waals surface area contributed by atoms with Crippen molar-refractivity contribution in [3.8, 4) is 0 Å². The zero-order chi connectivity index (χ0) is 12.2. The number of likely N-dealkylation sites (N-methyl/N-ethyl adjacent to an activating group) is 2. The molecule has 107 valence electrons. The third-order valence-corrected chi connectivity index (χ3v) is 2.88. The minimum Gasteiger partial charge on any atom is -0.396 e. The van der Waals surface area contributed by atoms with Crippen molar-refractivity contribution in [1.29, 1.82) is 0 Å². The first kappa shape index (κ1) is 19.7. The van der Waals surface area contributed by atoms with E-state index in [1.165, 1.54) is 38.6 Å². The van der Waals surface area contributed by atoms with Crippen molar-refractivity contribution in [3.05, 3.63) is 0 Å². The summed E-state index contributed by atoms with van der Waals surface area (Å²) in [7, 11) is 6.44. The molecule has 0 heterocycles. The Balaban J connectivity index is 0. The van der Waals surface area contributed by atoms with Crippen molar-refractivity contribution >= 4 is 0 Å². The van der Waals surface area contributed by atoms with Gasteiger partial charge in [0.25, 0.3) is 0 Å². The fraction of sp³-hybridized carbons (Fsp3) is 1.00. The average Bonchev–Trinajstić information content (AvgIpc) is 2.25. The van der Waals surface area contributed by atoms with E-state index in [-0.39, 0.29) is 17.1 Å². The topological polar surface area (TPSA) is 26.7 Å². The van der Waals surface area contributed by atoms with Crippen molar-refractivity contribution in [2.24, 2.45) is 0 Å². The molecule has 0 aliphatic carbocycles. The molecule has 0 aromatic rings. The van der Waals surface area contributed by atoms with Crippen LogP contribution in [0.3, 0.4) is 0 Å². The van der Waals surface area contributed by atoms with Crippen molar-refractivity contribution in [2.75, 3.05) is 47.4 Å². The van der Waals surface area contributed by atoms with Gasteiger partial charge in [-0.25, -0.2) is 0 Å². The third kappa shape index (κ3) is 16.4. The number of hydrogen-bond acceptors (Lipinski definition) is 3. The summed E-state index contributed by atoms with van der Waals surface area (Å²) in [6, 6.07) is 0. The van der Waals surface area contributed by atoms with E-state index in [2.05, 4.69) is 30.9 Å². The van der Waals surface area contributed by atoms with Crippen LogP contribution in [0.2, 0.25) is 0 Å². The molecular formula is C13H30CuN2O+2. The van der Waals surface area contributed by atoms with E-state index in [0.29, 0.717) is 6.61 Å². The van der Waals surface area contributed by atoms with Gasteiger partial charge in [-0.2, -0.15) is 0 Å². The van der Waals surface area contributed by atoms with Gasteiger partial charge in [0, 0.05) is 19.7 Å². The summed E-state index contributed by atoms with van der Waals surface area (Å²) in [5.41, 5.74) is 0. The molecule has 0 unspecified atom stereocenters. The third-order valence-electron chi connectivity index (χ3n) is 2.88. The van der Waals surface area contributed by atoms with E-state index in [0.717, 1.165) is 19.5 Å². The number of hydrogen-bond donors (Lipinski definition) is 1. The van der Waals surface area contributed by atoms with Gasteiger partial charge in [-0.15, -0.1) is 0 Å². The van der Waals surface area contributed by atoms with Gasteiger partial charge in [0.15, 0.2) is 0 Å². The van der Waals surface area contributed by atoms with Crippen LogP contribution in [-0.4, -0.2) is 62.3 Å². The molecule has 17 heavy (non-hydrogen) atoms. The molecule has 0 atom stereocenters. The molecule has 0 spiro atoms. The van der Waals surface area contributed by atoms with Crippen molar-refractivity contribution in [3.63, 3.8) is 0 Å². The summed E-state index contributed by atoms with van der Waals surface area (Å²) in [5.74, 6) is 0. The monoisotopic (exact) mass is 293 g/mol. The SMILES string of the molecule is CN(C)CCN(C)CCCCCCCCO.[Cu+2]. The molecule has 1 radical (unpaired) electrons. The Kier molecular flexibility index (Phi) is 16.8. The molecule has 0 fully saturated rings. The summed E-state index contributed by atoms with van der Waals surface area (Å²) in [4.78, 5) is 4.64.